The first-order chi connectivity index (χ1) is 11.6. The van der Waals surface area contributed by atoms with Gasteiger partial charge in [0.25, 0.3) is 5.91 Å². The molecule has 1 aromatic heterocycles. The van der Waals surface area contributed by atoms with Crippen LogP contribution in [0.5, 0.6) is 0 Å². The first-order valence-corrected chi connectivity index (χ1v) is 8.05. The van der Waals surface area contributed by atoms with Gasteiger partial charge in [-0.15, -0.1) is 0 Å². The van der Waals surface area contributed by atoms with E-state index in [1.54, 1.807) is 12.4 Å². The van der Waals surface area contributed by atoms with Crippen LogP contribution >= 0.6 is 11.6 Å². The molecule has 0 fully saturated rings. The summed E-state index contributed by atoms with van der Waals surface area (Å²) in [6.45, 7) is 2.42. The predicted molar refractivity (Wildman–Crippen MR) is 97.0 cm³/mol. The summed E-state index contributed by atoms with van der Waals surface area (Å²) < 4.78 is 0. The van der Waals surface area contributed by atoms with E-state index in [-0.39, 0.29) is 5.91 Å². The number of nitrogens with one attached hydrogen (secondary N) is 1. The lowest BCUT2D eigenvalue weighted by Gasteiger charge is -2.08. The highest BCUT2D eigenvalue weighted by molar-refractivity contribution is 6.31. The third kappa shape index (κ3) is 3.81. The van der Waals surface area contributed by atoms with E-state index in [9.17, 15) is 4.79 Å². The largest absolute Gasteiger partial charge is 0.348 e. The number of benzene rings is 2. The second-order valence-corrected chi connectivity index (χ2v) is 6.01. The molecule has 0 saturated heterocycles. The Kier molecular flexibility index (Phi) is 4.92. The Morgan fingerprint density at radius 3 is 2.54 bits per heavy atom. The number of aromatic nitrogens is 1. The molecule has 3 aromatic rings. The zero-order chi connectivity index (χ0) is 16.9. The number of carbonyl (C=O) groups is 1. The van der Waals surface area contributed by atoms with Gasteiger partial charge in [0.2, 0.25) is 0 Å². The normalized spacial score (nSPS) is 10.4. The molecule has 120 valence electrons. The molecule has 0 bridgehead atoms. The number of rotatable bonds is 4. The van der Waals surface area contributed by atoms with Crippen LogP contribution in [-0.2, 0) is 6.54 Å². The molecule has 0 unspecified atom stereocenters. The van der Waals surface area contributed by atoms with Gasteiger partial charge < -0.3 is 5.32 Å². The van der Waals surface area contributed by atoms with Crippen molar-refractivity contribution < 1.29 is 4.79 Å². The maximum absolute atomic E-state index is 12.4. The fourth-order valence-corrected chi connectivity index (χ4v) is 2.59. The molecular weight excluding hydrogens is 320 g/mol. The Hall–Kier alpha value is -2.65. The zero-order valence-corrected chi connectivity index (χ0v) is 14.0. The number of hydrogen-bond acceptors (Lipinski definition) is 2. The number of nitrogens with zero attached hydrogens (tertiary/aromatic N) is 1. The number of amides is 1. The summed E-state index contributed by atoms with van der Waals surface area (Å²) >= 11 is 6.11. The van der Waals surface area contributed by atoms with Crippen LogP contribution < -0.4 is 5.32 Å². The lowest BCUT2D eigenvalue weighted by Crippen LogP contribution is -2.23. The van der Waals surface area contributed by atoms with Crippen LogP contribution in [0.15, 0.2) is 67.0 Å². The molecule has 3 nitrogen and oxygen atoms in total. The zero-order valence-electron chi connectivity index (χ0n) is 13.3. The van der Waals surface area contributed by atoms with E-state index in [1.165, 1.54) is 5.56 Å². The second-order valence-electron chi connectivity index (χ2n) is 5.60. The summed E-state index contributed by atoms with van der Waals surface area (Å²) in [5.41, 5.74) is 4.56. The van der Waals surface area contributed by atoms with Gasteiger partial charge in [0.1, 0.15) is 0 Å². The van der Waals surface area contributed by atoms with Crippen LogP contribution in [-0.4, -0.2) is 10.9 Å². The molecule has 0 aliphatic carbocycles. The van der Waals surface area contributed by atoms with Crippen molar-refractivity contribution in [3.8, 4) is 11.1 Å². The highest BCUT2D eigenvalue weighted by Gasteiger charge is 2.09. The number of pyridine rings is 1. The number of aryl methyl sites for hydroxylation is 1. The van der Waals surface area contributed by atoms with Gasteiger partial charge in [0.15, 0.2) is 0 Å². The molecule has 1 amide bonds. The molecule has 0 aliphatic heterocycles. The van der Waals surface area contributed by atoms with Crippen molar-refractivity contribution >= 4 is 17.5 Å². The number of halogens is 1. The standard InChI is InChI=1S/C20H17ClN2O/c1-14-6-8-15(9-7-14)17-10-18(12-22-11-17)20(24)23-13-16-4-2-3-5-19(16)21/h2-12H,13H2,1H3,(H,23,24). The molecule has 0 radical (unpaired) electrons. The van der Waals surface area contributed by atoms with E-state index < -0.39 is 0 Å². The molecule has 4 heteroatoms. The minimum Gasteiger partial charge on any atom is -0.348 e. The first kappa shape index (κ1) is 16.2. The van der Waals surface area contributed by atoms with Gasteiger partial charge in [-0.25, -0.2) is 0 Å². The molecule has 0 atom stereocenters. The molecule has 0 spiro atoms. The Labute approximate surface area is 146 Å². The molecule has 1 N–H and O–H groups in total. The summed E-state index contributed by atoms with van der Waals surface area (Å²) in [6, 6.07) is 17.4. The van der Waals surface area contributed by atoms with Crippen LogP contribution in [0.2, 0.25) is 5.02 Å². The van der Waals surface area contributed by atoms with E-state index in [0.717, 1.165) is 16.7 Å². The van der Waals surface area contributed by atoms with Gasteiger partial charge in [-0.05, 0) is 30.2 Å². The van der Waals surface area contributed by atoms with Gasteiger partial charge in [0, 0.05) is 29.5 Å². The van der Waals surface area contributed by atoms with E-state index in [0.29, 0.717) is 17.1 Å². The smallest absolute Gasteiger partial charge is 0.253 e. The molecule has 3 rings (SSSR count). The molecular formula is C20H17ClN2O. The van der Waals surface area contributed by atoms with Crippen LogP contribution in [0.25, 0.3) is 11.1 Å². The SMILES string of the molecule is Cc1ccc(-c2cncc(C(=O)NCc3ccccc3Cl)c2)cc1. The fraction of sp³-hybridized carbons (Fsp3) is 0.100. The minimum atomic E-state index is -0.170. The molecule has 0 saturated carbocycles. The van der Waals surface area contributed by atoms with Crippen LogP contribution in [0.4, 0.5) is 0 Å². The Balaban J connectivity index is 1.75. The van der Waals surface area contributed by atoms with E-state index >= 15 is 0 Å². The van der Waals surface area contributed by atoms with Gasteiger partial charge in [0.05, 0.1) is 5.56 Å². The lowest BCUT2D eigenvalue weighted by molar-refractivity contribution is 0.0950. The summed E-state index contributed by atoms with van der Waals surface area (Å²) in [4.78, 5) is 16.6. The van der Waals surface area contributed by atoms with E-state index in [4.69, 9.17) is 11.6 Å². The maximum Gasteiger partial charge on any atom is 0.253 e. The highest BCUT2D eigenvalue weighted by Crippen LogP contribution is 2.20. The first-order valence-electron chi connectivity index (χ1n) is 7.67. The summed E-state index contributed by atoms with van der Waals surface area (Å²) in [5.74, 6) is -0.170. The maximum atomic E-state index is 12.4. The van der Waals surface area contributed by atoms with Crippen molar-refractivity contribution in [3.63, 3.8) is 0 Å². The number of hydrogen-bond donors (Lipinski definition) is 1. The second kappa shape index (κ2) is 7.28. The van der Waals surface area contributed by atoms with Crippen molar-refractivity contribution in [3.05, 3.63) is 88.7 Å². The Bertz CT molecular complexity index is 860. The summed E-state index contributed by atoms with van der Waals surface area (Å²) in [5, 5.41) is 3.52. The molecule has 1 heterocycles. The van der Waals surface area contributed by atoms with Crippen molar-refractivity contribution in [1.82, 2.24) is 10.3 Å². The average molecular weight is 337 g/mol. The highest BCUT2D eigenvalue weighted by atomic mass is 35.5. The van der Waals surface area contributed by atoms with E-state index in [1.807, 2.05) is 61.5 Å². The van der Waals surface area contributed by atoms with Gasteiger partial charge in [-0.1, -0.05) is 59.6 Å². The van der Waals surface area contributed by atoms with Gasteiger partial charge in [-0.3, -0.25) is 9.78 Å². The van der Waals surface area contributed by atoms with Crippen molar-refractivity contribution in [2.45, 2.75) is 13.5 Å². The summed E-state index contributed by atoms with van der Waals surface area (Å²) in [6.07, 6.45) is 3.33. The topological polar surface area (TPSA) is 42.0 Å². The Morgan fingerprint density at radius 2 is 1.79 bits per heavy atom. The average Bonchev–Trinajstić information content (AvgIpc) is 2.61. The van der Waals surface area contributed by atoms with Crippen molar-refractivity contribution in [1.29, 1.82) is 0 Å². The predicted octanol–water partition coefficient (Wildman–Crippen LogP) is 4.64. The Morgan fingerprint density at radius 1 is 1.04 bits per heavy atom. The molecule has 0 aliphatic rings. The third-order valence-electron chi connectivity index (χ3n) is 3.78. The minimum absolute atomic E-state index is 0.170. The van der Waals surface area contributed by atoms with Gasteiger partial charge in [-0.2, -0.15) is 0 Å². The van der Waals surface area contributed by atoms with Crippen LogP contribution in [0.3, 0.4) is 0 Å². The van der Waals surface area contributed by atoms with Gasteiger partial charge >= 0.3 is 0 Å². The monoisotopic (exact) mass is 336 g/mol. The quantitative estimate of drug-likeness (QED) is 0.754. The fourth-order valence-electron chi connectivity index (χ4n) is 2.39. The van der Waals surface area contributed by atoms with Crippen LogP contribution in [0, 0.1) is 6.92 Å². The van der Waals surface area contributed by atoms with Crippen molar-refractivity contribution in [2.24, 2.45) is 0 Å². The number of carbonyl (C=O) groups excluding carboxylic acids is 1. The molecule has 2 aromatic carbocycles. The van der Waals surface area contributed by atoms with Crippen molar-refractivity contribution in [2.75, 3.05) is 0 Å². The van der Waals surface area contributed by atoms with E-state index in [2.05, 4.69) is 10.3 Å². The molecule has 24 heavy (non-hydrogen) atoms. The third-order valence-corrected chi connectivity index (χ3v) is 4.15. The lowest BCUT2D eigenvalue weighted by atomic mass is 10.0. The van der Waals surface area contributed by atoms with Crippen LogP contribution in [0.1, 0.15) is 21.5 Å². The summed E-state index contributed by atoms with van der Waals surface area (Å²) in [7, 11) is 0.